The highest BCUT2D eigenvalue weighted by Crippen LogP contribution is 2.28. The Labute approximate surface area is 145 Å². The van der Waals surface area contributed by atoms with E-state index in [1.165, 1.54) is 16.4 Å². The van der Waals surface area contributed by atoms with Crippen molar-refractivity contribution in [2.75, 3.05) is 26.2 Å². The summed E-state index contributed by atoms with van der Waals surface area (Å²) >= 11 is 11.9. The van der Waals surface area contributed by atoms with E-state index in [9.17, 15) is 13.2 Å². The largest absolute Gasteiger partial charge is 0.335 e. The van der Waals surface area contributed by atoms with Crippen LogP contribution in [0.4, 0.5) is 4.79 Å². The molecule has 0 spiro atoms. The second kappa shape index (κ2) is 6.47. The minimum atomic E-state index is -3.72. The third kappa shape index (κ3) is 3.74. The molecule has 1 saturated carbocycles. The highest BCUT2D eigenvalue weighted by molar-refractivity contribution is 7.89. The quantitative estimate of drug-likeness (QED) is 0.877. The number of halogens is 2. The highest BCUT2D eigenvalue weighted by Gasteiger charge is 2.33. The zero-order chi connectivity index (χ0) is 16.6. The van der Waals surface area contributed by atoms with Crippen LogP contribution in [-0.2, 0) is 10.0 Å². The average Bonchev–Trinajstić information content (AvgIpc) is 3.33. The summed E-state index contributed by atoms with van der Waals surface area (Å²) in [5.74, 6) is 0. The molecule has 0 bridgehead atoms. The van der Waals surface area contributed by atoms with Gasteiger partial charge in [-0.3, -0.25) is 0 Å². The predicted octanol–water partition coefficient (Wildman–Crippen LogP) is 2.17. The van der Waals surface area contributed by atoms with Gasteiger partial charge in [0.25, 0.3) is 0 Å². The first-order valence-electron chi connectivity index (χ1n) is 7.38. The third-order valence-electron chi connectivity index (χ3n) is 3.94. The zero-order valence-corrected chi connectivity index (χ0v) is 14.7. The normalized spacial score (nSPS) is 19.7. The number of rotatable bonds is 3. The number of amides is 2. The maximum atomic E-state index is 12.7. The first kappa shape index (κ1) is 16.8. The van der Waals surface area contributed by atoms with Crippen molar-refractivity contribution in [3.8, 4) is 0 Å². The molecule has 0 unspecified atom stereocenters. The fraction of sp³-hybridized carbons (Fsp3) is 0.500. The van der Waals surface area contributed by atoms with Crippen molar-refractivity contribution in [2.24, 2.45) is 0 Å². The lowest BCUT2D eigenvalue weighted by atomic mass is 10.4. The summed E-state index contributed by atoms with van der Waals surface area (Å²) in [6.07, 6.45) is 2.04. The van der Waals surface area contributed by atoms with E-state index < -0.39 is 10.0 Å². The van der Waals surface area contributed by atoms with Crippen molar-refractivity contribution >= 4 is 39.3 Å². The molecule has 0 radical (unpaired) electrons. The van der Waals surface area contributed by atoms with Crippen LogP contribution in [0.15, 0.2) is 23.1 Å². The van der Waals surface area contributed by atoms with Crippen molar-refractivity contribution in [1.29, 1.82) is 0 Å². The van der Waals surface area contributed by atoms with Crippen LogP contribution in [0.2, 0.25) is 10.0 Å². The lowest BCUT2D eigenvalue weighted by molar-refractivity contribution is 0.172. The highest BCUT2D eigenvalue weighted by atomic mass is 35.5. The summed E-state index contributed by atoms with van der Waals surface area (Å²) in [5.41, 5.74) is 0. The molecule has 6 nitrogen and oxygen atoms in total. The fourth-order valence-corrected chi connectivity index (χ4v) is 4.60. The van der Waals surface area contributed by atoms with Crippen LogP contribution in [0.3, 0.4) is 0 Å². The van der Waals surface area contributed by atoms with Crippen LogP contribution in [0.1, 0.15) is 12.8 Å². The van der Waals surface area contributed by atoms with Gasteiger partial charge >= 0.3 is 6.03 Å². The summed E-state index contributed by atoms with van der Waals surface area (Å²) < 4.78 is 26.7. The standard InChI is InChI=1S/C14H17Cl2N3O3S/c15-10-1-4-12(16)13(9-10)23(21,22)19-7-5-18(6-8-19)14(20)17-11-2-3-11/h1,4,9,11H,2-3,5-8H2,(H,17,20). The van der Waals surface area contributed by atoms with E-state index in [-0.39, 0.29) is 35.1 Å². The van der Waals surface area contributed by atoms with E-state index in [1.54, 1.807) is 11.0 Å². The number of nitrogens with one attached hydrogen (secondary N) is 1. The molecular weight excluding hydrogens is 361 g/mol. The first-order valence-corrected chi connectivity index (χ1v) is 9.58. The summed E-state index contributed by atoms with van der Waals surface area (Å²) in [7, 11) is -3.72. The van der Waals surface area contributed by atoms with Crippen LogP contribution >= 0.6 is 23.2 Å². The van der Waals surface area contributed by atoms with Gasteiger partial charge in [-0.15, -0.1) is 0 Å². The first-order chi connectivity index (χ1) is 10.9. The molecule has 126 valence electrons. The topological polar surface area (TPSA) is 69.7 Å². The number of hydrogen-bond donors (Lipinski definition) is 1. The maximum Gasteiger partial charge on any atom is 0.317 e. The van der Waals surface area contributed by atoms with Crippen LogP contribution < -0.4 is 5.32 Å². The Bertz CT molecular complexity index is 714. The predicted molar refractivity (Wildman–Crippen MR) is 88.3 cm³/mol. The molecule has 0 aromatic heterocycles. The summed E-state index contributed by atoms with van der Waals surface area (Å²) in [5, 5.41) is 3.36. The monoisotopic (exact) mass is 377 g/mol. The van der Waals surface area contributed by atoms with E-state index in [0.717, 1.165) is 12.8 Å². The van der Waals surface area contributed by atoms with E-state index in [0.29, 0.717) is 18.1 Å². The minimum Gasteiger partial charge on any atom is -0.335 e. The van der Waals surface area contributed by atoms with Crippen LogP contribution in [0.25, 0.3) is 0 Å². The van der Waals surface area contributed by atoms with Crippen molar-refractivity contribution in [3.63, 3.8) is 0 Å². The molecule has 2 fully saturated rings. The number of nitrogens with zero attached hydrogens (tertiary/aromatic N) is 2. The lowest BCUT2D eigenvalue weighted by Crippen LogP contribution is -2.53. The number of urea groups is 1. The molecule has 3 rings (SSSR count). The van der Waals surface area contributed by atoms with Gasteiger partial charge in [-0.25, -0.2) is 13.2 Å². The van der Waals surface area contributed by atoms with Gasteiger partial charge in [-0.2, -0.15) is 4.31 Å². The molecule has 1 heterocycles. The number of sulfonamides is 1. The molecule has 23 heavy (non-hydrogen) atoms. The molecule has 1 N–H and O–H groups in total. The maximum absolute atomic E-state index is 12.7. The summed E-state index contributed by atoms with van der Waals surface area (Å²) in [6.45, 7) is 1.19. The van der Waals surface area contributed by atoms with Gasteiger partial charge < -0.3 is 10.2 Å². The van der Waals surface area contributed by atoms with E-state index >= 15 is 0 Å². The molecule has 9 heteroatoms. The van der Waals surface area contributed by atoms with Crippen molar-refractivity contribution < 1.29 is 13.2 Å². The van der Waals surface area contributed by atoms with Crippen molar-refractivity contribution in [2.45, 2.75) is 23.8 Å². The third-order valence-corrected chi connectivity index (χ3v) is 6.56. The van der Waals surface area contributed by atoms with Gasteiger partial charge in [-0.1, -0.05) is 23.2 Å². The van der Waals surface area contributed by atoms with Gasteiger partial charge in [0.05, 0.1) is 5.02 Å². The summed E-state index contributed by atoms with van der Waals surface area (Å²) in [4.78, 5) is 13.6. The van der Waals surface area contributed by atoms with Crippen molar-refractivity contribution in [3.05, 3.63) is 28.2 Å². The Morgan fingerprint density at radius 3 is 2.39 bits per heavy atom. The van der Waals surface area contributed by atoms with Gasteiger partial charge in [-0.05, 0) is 31.0 Å². The SMILES string of the molecule is O=C(NC1CC1)N1CCN(S(=O)(=O)c2cc(Cl)ccc2Cl)CC1. The molecule has 1 saturated heterocycles. The smallest absolute Gasteiger partial charge is 0.317 e. The second-order valence-electron chi connectivity index (χ2n) is 5.69. The Hall–Kier alpha value is -1.02. The second-order valence-corrected chi connectivity index (χ2v) is 8.44. The molecule has 2 aliphatic rings. The van der Waals surface area contributed by atoms with E-state index in [1.807, 2.05) is 0 Å². The molecule has 2 amide bonds. The zero-order valence-electron chi connectivity index (χ0n) is 12.3. The van der Waals surface area contributed by atoms with Gasteiger partial charge in [0.1, 0.15) is 4.90 Å². The molecule has 0 atom stereocenters. The Kier molecular flexibility index (Phi) is 4.73. The number of carbonyl (C=O) groups is 1. The summed E-state index contributed by atoms with van der Waals surface area (Å²) in [6, 6.07) is 4.53. The lowest BCUT2D eigenvalue weighted by Gasteiger charge is -2.34. The van der Waals surface area contributed by atoms with Crippen LogP contribution in [0.5, 0.6) is 0 Å². The minimum absolute atomic E-state index is 0.00236. The fourth-order valence-electron chi connectivity index (χ4n) is 2.44. The number of benzene rings is 1. The Morgan fingerprint density at radius 1 is 1.13 bits per heavy atom. The number of hydrogen-bond acceptors (Lipinski definition) is 3. The molecular formula is C14H17Cl2N3O3S. The van der Waals surface area contributed by atoms with Gasteiger partial charge in [0.15, 0.2) is 0 Å². The van der Waals surface area contributed by atoms with E-state index in [2.05, 4.69) is 5.32 Å². The average molecular weight is 378 g/mol. The number of carbonyl (C=O) groups excluding carboxylic acids is 1. The molecule has 1 aromatic carbocycles. The molecule has 1 aromatic rings. The van der Waals surface area contributed by atoms with Gasteiger partial charge in [0.2, 0.25) is 10.0 Å². The van der Waals surface area contributed by atoms with Crippen LogP contribution in [-0.4, -0.2) is 55.9 Å². The molecule has 1 aliphatic carbocycles. The van der Waals surface area contributed by atoms with Crippen molar-refractivity contribution in [1.82, 2.24) is 14.5 Å². The Morgan fingerprint density at radius 2 is 1.78 bits per heavy atom. The van der Waals surface area contributed by atoms with Crippen LogP contribution in [0, 0.1) is 0 Å². The number of piperazine rings is 1. The van der Waals surface area contributed by atoms with E-state index in [4.69, 9.17) is 23.2 Å². The van der Waals surface area contributed by atoms with Gasteiger partial charge in [0, 0.05) is 37.2 Å². The Balaban J connectivity index is 1.68. The molecule has 1 aliphatic heterocycles.